The molecule has 0 spiro atoms. The third kappa shape index (κ3) is 5.05. The topological polar surface area (TPSA) is 46.9 Å². The van der Waals surface area contributed by atoms with Gasteiger partial charge in [-0.05, 0) is 35.9 Å². The zero-order valence-electron chi connectivity index (χ0n) is 16.4. The summed E-state index contributed by atoms with van der Waals surface area (Å²) in [6.45, 7) is 1.54. The van der Waals surface area contributed by atoms with Crippen LogP contribution in [0.4, 0.5) is 9.52 Å². The van der Waals surface area contributed by atoms with Crippen LogP contribution >= 0.6 is 11.3 Å². The Labute approximate surface area is 168 Å². The van der Waals surface area contributed by atoms with E-state index in [2.05, 4.69) is 19.1 Å². The summed E-state index contributed by atoms with van der Waals surface area (Å²) in [5.41, 5.74) is 1.63. The molecule has 1 heterocycles. The van der Waals surface area contributed by atoms with Crippen molar-refractivity contribution >= 4 is 32.6 Å². The molecule has 1 N–H and O–H groups in total. The molecular weight excluding hydrogens is 377 g/mol. The molecule has 2 aromatic carbocycles. The van der Waals surface area contributed by atoms with Crippen molar-refractivity contribution in [2.75, 3.05) is 39.2 Å². The highest BCUT2D eigenvalue weighted by molar-refractivity contribution is 7.22. The number of aromatic nitrogens is 1. The molecule has 1 aromatic heterocycles. The van der Waals surface area contributed by atoms with E-state index in [0.717, 1.165) is 29.0 Å². The van der Waals surface area contributed by atoms with Crippen LogP contribution in [0, 0.1) is 5.82 Å². The van der Waals surface area contributed by atoms with Crippen LogP contribution in [-0.4, -0.2) is 45.2 Å². The number of anilines is 1. The van der Waals surface area contributed by atoms with Crippen molar-refractivity contribution in [2.24, 2.45) is 0 Å². The summed E-state index contributed by atoms with van der Waals surface area (Å²) < 4.78 is 19.5. The lowest BCUT2D eigenvalue weighted by atomic mass is 10.1. The second-order valence-electron chi connectivity index (χ2n) is 6.99. The third-order valence-corrected chi connectivity index (χ3v) is 5.49. The second kappa shape index (κ2) is 9.12. The van der Waals surface area contributed by atoms with Crippen molar-refractivity contribution in [3.8, 4) is 5.75 Å². The van der Waals surface area contributed by atoms with Gasteiger partial charge in [-0.2, -0.15) is 0 Å². The number of rotatable bonds is 8. The van der Waals surface area contributed by atoms with E-state index < -0.39 is 0 Å². The van der Waals surface area contributed by atoms with Crippen LogP contribution in [0.25, 0.3) is 10.2 Å². The number of carbonyl (C=O) groups excluding carboxylic acids is 1. The third-order valence-electron chi connectivity index (χ3n) is 4.44. The van der Waals surface area contributed by atoms with Gasteiger partial charge in [-0.25, -0.2) is 9.37 Å². The van der Waals surface area contributed by atoms with Gasteiger partial charge in [-0.3, -0.25) is 9.69 Å². The smallest absolute Gasteiger partial charge is 0.233 e. The number of benzene rings is 2. The highest BCUT2D eigenvalue weighted by Gasteiger charge is 2.20. The number of methoxy groups -OCH3 is 1. The number of nitrogens with one attached hydrogen (secondary N) is 1. The molecule has 0 aliphatic rings. The van der Waals surface area contributed by atoms with Gasteiger partial charge < -0.3 is 9.64 Å². The minimum atomic E-state index is -0.296. The van der Waals surface area contributed by atoms with Gasteiger partial charge in [-0.15, -0.1) is 0 Å². The summed E-state index contributed by atoms with van der Waals surface area (Å²) >= 11 is 1.35. The molecule has 0 unspecified atom stereocenters. The lowest BCUT2D eigenvalue weighted by molar-refractivity contribution is -0.858. The first-order valence-electron chi connectivity index (χ1n) is 9.24. The van der Waals surface area contributed by atoms with Crippen molar-refractivity contribution in [3.63, 3.8) is 0 Å². The molecule has 0 saturated carbocycles. The van der Waals surface area contributed by atoms with Crippen LogP contribution in [0.1, 0.15) is 12.0 Å². The maximum absolute atomic E-state index is 13.5. The second-order valence-corrected chi connectivity index (χ2v) is 8.00. The minimum Gasteiger partial charge on any atom is -0.497 e. The first-order chi connectivity index (χ1) is 13.5. The fraction of sp³-hybridized carbons (Fsp3) is 0.333. The Morgan fingerprint density at radius 2 is 1.96 bits per heavy atom. The number of halogens is 1. The van der Waals surface area contributed by atoms with Crippen molar-refractivity contribution in [1.29, 1.82) is 0 Å². The number of ether oxygens (including phenoxy) is 1. The van der Waals surface area contributed by atoms with E-state index in [9.17, 15) is 9.18 Å². The zero-order valence-corrected chi connectivity index (χ0v) is 17.2. The molecule has 3 rings (SSSR count). The number of quaternary nitrogens is 1. The van der Waals surface area contributed by atoms with Gasteiger partial charge in [0, 0.05) is 13.0 Å². The van der Waals surface area contributed by atoms with E-state index in [4.69, 9.17) is 4.74 Å². The van der Waals surface area contributed by atoms with E-state index in [1.54, 1.807) is 18.1 Å². The Balaban J connectivity index is 1.82. The molecule has 0 aliphatic heterocycles. The standard InChI is InChI=1S/C21H24FN3O2S/c1-24(2)11-4-12-25(20(26)13-15-5-8-17(27-3)9-6-15)21-23-18-10-7-16(22)14-19(18)28-21/h5-10,14H,4,11-13H2,1-3H3/p+1. The van der Waals surface area contributed by atoms with Crippen molar-refractivity contribution in [3.05, 3.63) is 53.8 Å². The fourth-order valence-electron chi connectivity index (χ4n) is 2.93. The monoisotopic (exact) mass is 402 g/mol. The summed E-state index contributed by atoms with van der Waals surface area (Å²) in [5, 5.41) is 0.618. The Hall–Kier alpha value is -2.51. The van der Waals surface area contributed by atoms with Crippen LogP contribution in [0.3, 0.4) is 0 Å². The number of fused-ring (bicyclic) bond motifs is 1. The van der Waals surface area contributed by atoms with E-state index in [0.29, 0.717) is 17.2 Å². The van der Waals surface area contributed by atoms with Gasteiger partial charge in [0.15, 0.2) is 5.13 Å². The average molecular weight is 403 g/mol. The molecule has 148 valence electrons. The largest absolute Gasteiger partial charge is 0.497 e. The van der Waals surface area contributed by atoms with E-state index in [1.807, 2.05) is 24.3 Å². The van der Waals surface area contributed by atoms with E-state index in [-0.39, 0.29) is 18.1 Å². The lowest BCUT2D eigenvalue weighted by Crippen LogP contribution is -3.05. The molecule has 0 bridgehead atoms. The summed E-state index contributed by atoms with van der Waals surface area (Å²) in [4.78, 5) is 20.7. The summed E-state index contributed by atoms with van der Waals surface area (Å²) in [6, 6.07) is 12.0. The highest BCUT2D eigenvalue weighted by Crippen LogP contribution is 2.30. The van der Waals surface area contributed by atoms with Crippen LogP contribution in [-0.2, 0) is 11.2 Å². The van der Waals surface area contributed by atoms with Gasteiger partial charge in [0.05, 0.1) is 44.4 Å². The van der Waals surface area contributed by atoms with Crippen LogP contribution in [0.5, 0.6) is 5.75 Å². The number of nitrogens with zero attached hydrogens (tertiary/aromatic N) is 2. The Bertz CT molecular complexity index is 940. The van der Waals surface area contributed by atoms with Crippen molar-refractivity contribution in [1.82, 2.24) is 4.98 Å². The first-order valence-corrected chi connectivity index (χ1v) is 10.1. The molecule has 7 heteroatoms. The van der Waals surface area contributed by atoms with Crippen molar-refractivity contribution in [2.45, 2.75) is 12.8 Å². The average Bonchev–Trinajstić information content (AvgIpc) is 3.08. The molecule has 0 fully saturated rings. The van der Waals surface area contributed by atoms with Gasteiger partial charge >= 0.3 is 0 Å². The number of hydrogen-bond donors (Lipinski definition) is 1. The first kappa shape index (κ1) is 20.2. The molecule has 5 nitrogen and oxygen atoms in total. The summed E-state index contributed by atoms with van der Waals surface area (Å²) in [6.07, 6.45) is 1.14. The lowest BCUT2D eigenvalue weighted by Gasteiger charge is -2.20. The molecule has 3 aromatic rings. The van der Waals surface area contributed by atoms with Gasteiger partial charge in [0.25, 0.3) is 0 Å². The predicted molar refractivity (Wildman–Crippen MR) is 111 cm³/mol. The normalized spacial score (nSPS) is 11.2. The van der Waals surface area contributed by atoms with Crippen LogP contribution in [0.15, 0.2) is 42.5 Å². The highest BCUT2D eigenvalue weighted by atomic mass is 32.1. The van der Waals surface area contributed by atoms with Gasteiger partial charge in [-0.1, -0.05) is 23.5 Å². The quantitative estimate of drug-likeness (QED) is 0.630. The molecule has 0 radical (unpaired) electrons. The zero-order chi connectivity index (χ0) is 20.1. The Morgan fingerprint density at radius 1 is 1.21 bits per heavy atom. The maximum Gasteiger partial charge on any atom is 0.233 e. The number of carbonyl (C=O) groups is 1. The molecule has 28 heavy (non-hydrogen) atoms. The molecular formula is C21H25FN3O2S+. The van der Waals surface area contributed by atoms with Crippen LogP contribution < -0.4 is 14.5 Å². The maximum atomic E-state index is 13.5. The number of hydrogen-bond acceptors (Lipinski definition) is 4. The van der Waals surface area contributed by atoms with E-state index in [1.165, 1.54) is 28.4 Å². The summed E-state index contributed by atoms with van der Waals surface area (Å²) in [7, 11) is 5.79. The van der Waals surface area contributed by atoms with Gasteiger partial charge in [0.2, 0.25) is 5.91 Å². The summed E-state index contributed by atoms with van der Waals surface area (Å²) in [5.74, 6) is 0.448. The number of amides is 1. The van der Waals surface area contributed by atoms with E-state index >= 15 is 0 Å². The Kier molecular flexibility index (Phi) is 6.59. The molecule has 1 amide bonds. The SMILES string of the molecule is COc1ccc(CC(=O)N(CCC[NH+](C)C)c2nc3ccc(F)cc3s2)cc1. The molecule has 0 aliphatic carbocycles. The fourth-order valence-corrected chi connectivity index (χ4v) is 3.97. The van der Waals surface area contributed by atoms with Gasteiger partial charge in [0.1, 0.15) is 11.6 Å². The van der Waals surface area contributed by atoms with Crippen molar-refractivity contribution < 1.29 is 18.8 Å². The minimum absolute atomic E-state index is 0.0153. The molecule has 0 saturated heterocycles. The molecule has 0 atom stereocenters. The predicted octanol–water partition coefficient (Wildman–Crippen LogP) is 2.55. The Morgan fingerprint density at radius 3 is 2.64 bits per heavy atom. The van der Waals surface area contributed by atoms with Crippen LogP contribution in [0.2, 0.25) is 0 Å². The number of thiazole rings is 1.